The number of carboxylic acid groups (broad SMARTS) is 2. The summed E-state index contributed by atoms with van der Waals surface area (Å²) in [6, 6.07) is 12.3. The number of allylic oxidation sites excluding steroid dienone is 1. The van der Waals surface area contributed by atoms with Crippen LogP contribution in [0.3, 0.4) is 0 Å². The van der Waals surface area contributed by atoms with Crippen LogP contribution in [-0.4, -0.2) is 170 Å². The fourth-order valence-corrected chi connectivity index (χ4v) is 12.9. The molecule has 30 heteroatoms. The lowest BCUT2D eigenvalue weighted by Crippen LogP contribution is -2.53. The number of carbonyl (C=O) groups is 6. The number of anilines is 2. The van der Waals surface area contributed by atoms with Crippen LogP contribution in [0.25, 0.3) is 0 Å². The molecule has 0 bridgehead atoms. The molecular formula is C58H56BrCl2F2N13O10S2. The fraction of sp³-hybridized carbons (Fsp3) is 0.310. The van der Waals surface area contributed by atoms with Crippen molar-refractivity contribution in [3.05, 3.63) is 173 Å². The van der Waals surface area contributed by atoms with Crippen LogP contribution in [0.5, 0.6) is 0 Å². The van der Waals surface area contributed by atoms with Crippen LogP contribution in [0, 0.1) is 11.6 Å². The number of aromatic carboxylic acids is 2. The number of piperidine rings is 1. The summed E-state index contributed by atoms with van der Waals surface area (Å²) in [5.74, 6) is -3.35. The number of benzene rings is 2. The van der Waals surface area contributed by atoms with E-state index in [0.29, 0.717) is 112 Å². The Morgan fingerprint density at radius 2 is 1.15 bits per heavy atom. The summed E-state index contributed by atoms with van der Waals surface area (Å²) < 4.78 is 37.4. The molecule has 88 heavy (non-hydrogen) atoms. The normalized spacial score (nSPS) is 19.8. The molecule has 0 spiro atoms. The van der Waals surface area contributed by atoms with Gasteiger partial charge in [-0.1, -0.05) is 58.7 Å². The minimum Gasteiger partial charge on any atom is -0.477 e. The Balaban J connectivity index is 0.000000173. The van der Waals surface area contributed by atoms with Gasteiger partial charge in [0.05, 0.1) is 61.2 Å². The molecule has 2 unspecified atom stereocenters. The molecule has 0 aliphatic carbocycles. The number of carbonyl (C=O) groups excluding carboxylic acids is 4. The zero-order chi connectivity index (χ0) is 61.6. The summed E-state index contributed by atoms with van der Waals surface area (Å²) in [6.07, 6.45) is 9.43. The second-order valence-corrected chi connectivity index (χ2v) is 23.2. The highest BCUT2D eigenvalue weighted by Gasteiger charge is 2.43. The van der Waals surface area contributed by atoms with Crippen LogP contribution >= 0.6 is 61.8 Å². The van der Waals surface area contributed by atoms with Gasteiger partial charge in [0, 0.05) is 107 Å². The third-order valence-corrected chi connectivity index (χ3v) is 17.6. The lowest BCUT2D eigenvalue weighted by atomic mass is 9.95. The highest BCUT2D eigenvalue weighted by atomic mass is 79.9. The second-order valence-electron chi connectivity index (χ2n) is 20.0. The Labute approximate surface area is 529 Å². The third kappa shape index (κ3) is 13.9. The first-order chi connectivity index (χ1) is 41.9. The minimum absolute atomic E-state index is 0. The number of fused-ring (bicyclic) bond motifs is 2. The molecule has 4 fully saturated rings. The number of halogens is 5. The van der Waals surface area contributed by atoms with Crippen molar-refractivity contribution in [2.45, 2.75) is 50.9 Å². The molecule has 6 aliphatic rings. The monoisotopic (exact) mass is 1350 g/mol. The maximum atomic E-state index is 13.9. The number of piperazine rings is 1. The Morgan fingerprint density at radius 1 is 0.659 bits per heavy atom. The van der Waals surface area contributed by atoms with Gasteiger partial charge in [0.2, 0.25) is 0 Å². The van der Waals surface area contributed by atoms with Gasteiger partial charge in [-0.05, 0) is 67.8 Å². The average molecular weight is 1350 g/mol. The molecule has 6 aromatic rings. The maximum Gasteiger partial charge on any atom is 0.354 e. The van der Waals surface area contributed by atoms with Gasteiger partial charge in [0.1, 0.15) is 35.1 Å². The third-order valence-electron chi connectivity index (χ3n) is 14.9. The summed E-state index contributed by atoms with van der Waals surface area (Å²) >= 11 is 18.8. The number of nitrogens with one attached hydrogen (secondary N) is 2. The molecule has 4 saturated heterocycles. The van der Waals surface area contributed by atoms with Gasteiger partial charge >= 0.3 is 35.9 Å². The summed E-state index contributed by atoms with van der Waals surface area (Å²) in [6.45, 7) is 3.67. The van der Waals surface area contributed by atoms with E-state index >= 15 is 0 Å². The maximum absolute atomic E-state index is 13.9. The molecule has 4 aromatic heterocycles. The van der Waals surface area contributed by atoms with Crippen molar-refractivity contribution in [1.29, 1.82) is 0 Å². The number of nitrogens with zero attached hydrogens (tertiary/aromatic N) is 11. The van der Waals surface area contributed by atoms with Crippen LogP contribution in [-0.2, 0) is 19.1 Å². The number of hydrogen-bond donors (Lipinski definition) is 4. The minimum atomic E-state index is -1.14. The van der Waals surface area contributed by atoms with E-state index in [9.17, 15) is 37.5 Å². The molecule has 10 heterocycles. The van der Waals surface area contributed by atoms with Gasteiger partial charge in [-0.15, -0.1) is 22.7 Å². The number of amidine groups is 2. The number of hydrogen-bond acceptors (Lipinski definition) is 19. The van der Waals surface area contributed by atoms with Crippen molar-refractivity contribution < 1.29 is 57.2 Å². The molecule has 4 N–H and O–H groups in total. The Hall–Kier alpha value is -8.28. The van der Waals surface area contributed by atoms with Crippen molar-refractivity contribution >= 4 is 121 Å². The van der Waals surface area contributed by atoms with E-state index in [1.54, 1.807) is 39.2 Å². The number of pyridine rings is 2. The molecule has 23 nitrogen and oxygen atoms in total. The number of urea groups is 2. The molecule has 0 saturated carbocycles. The van der Waals surface area contributed by atoms with Gasteiger partial charge < -0.3 is 40.1 Å². The number of carboxylic acids is 2. The Kier molecular flexibility index (Phi) is 20.6. The Morgan fingerprint density at radius 3 is 1.58 bits per heavy atom. The molecule has 6 aliphatic heterocycles. The van der Waals surface area contributed by atoms with E-state index in [2.05, 4.69) is 56.4 Å². The largest absolute Gasteiger partial charge is 0.477 e. The number of esters is 2. The number of alkyl halides is 1. The first-order valence-corrected chi connectivity index (χ1v) is 30.4. The predicted molar refractivity (Wildman–Crippen MR) is 330 cm³/mol. The van der Waals surface area contributed by atoms with E-state index in [1.165, 1.54) is 104 Å². The summed E-state index contributed by atoms with van der Waals surface area (Å²) in [7, 11) is 2.58. The average Bonchev–Trinajstić information content (AvgIpc) is 2.12. The lowest BCUT2D eigenvalue weighted by Gasteiger charge is -2.38. The molecule has 2 aromatic carbocycles. The van der Waals surface area contributed by atoms with Crippen molar-refractivity contribution in [2.75, 3.05) is 75.2 Å². The van der Waals surface area contributed by atoms with E-state index in [1.807, 2.05) is 15.7 Å². The number of aliphatic imine (C=N–C) groups is 2. The standard InChI is InChI=1S/C28H25ClFN7O5S.C16H12BrClFN3O2S.C13H15N3O3.CH4/c1-42-27(40)22-21(33-24(25-31-6-9-43-25)34-23(22)18-4-2-15(30)10-19(18)29)14-35-7-8-36-17(12-35)13-37(28(36)41)16-3-5-20(26(38)39)32-11-16;1-24-16(23)12-11(7-17)21-14(15-20-4-5-25-15)22-13(12)9-3-2-8(19)6-10(9)18;17-12(18)11-5-4-9(7-14-11)16-8-10-3-1-2-6-15(10)13(16)19;/h2-6,9-11,17,23H,7-8,12-14H2,1H3,(H,33,34)(H,38,39);2-6,13H,7H2,1H3,(H,21,22);4-5,7,10H,1-3,6,8H2,(H,17,18);1H4/t17?,23-;13-;;/m00../s1. The number of methoxy groups -OCH3 is 2. The quantitative estimate of drug-likeness (QED) is 0.0619. The first kappa shape index (κ1) is 64.2. The highest BCUT2D eigenvalue weighted by Crippen LogP contribution is 2.39. The zero-order valence-electron chi connectivity index (χ0n) is 46.1. The SMILES string of the molecule is C.COC(=O)C1=C(CBr)NC(c2nccs2)=N[C@H]1c1ccc(F)cc1Cl.COC(=O)C1=C(CN2CCN3C(=O)N(c4ccc(C(=O)O)nc4)CC3C2)NC(c2nccs2)=N[C@H]1c1ccc(F)cc1Cl.O=C(O)c1ccc(N2CC3CCCCN3C2=O)cn1. The predicted octanol–water partition coefficient (Wildman–Crippen LogP) is 9.23. The number of amides is 4. The molecule has 4 amide bonds. The van der Waals surface area contributed by atoms with E-state index in [0.717, 1.165) is 19.4 Å². The van der Waals surface area contributed by atoms with E-state index < -0.39 is 47.6 Å². The number of rotatable bonds is 13. The van der Waals surface area contributed by atoms with Crippen molar-refractivity contribution in [3.63, 3.8) is 0 Å². The first-order valence-electron chi connectivity index (χ1n) is 26.8. The zero-order valence-corrected chi connectivity index (χ0v) is 50.8. The molecule has 460 valence electrons. The van der Waals surface area contributed by atoms with Gasteiger partial charge in [0.15, 0.2) is 21.7 Å². The van der Waals surface area contributed by atoms with Crippen molar-refractivity contribution in [3.8, 4) is 0 Å². The molecule has 12 rings (SSSR count). The molecule has 0 radical (unpaired) electrons. The van der Waals surface area contributed by atoms with Crippen LogP contribution in [0.4, 0.5) is 29.7 Å². The van der Waals surface area contributed by atoms with Crippen molar-refractivity contribution in [2.24, 2.45) is 9.98 Å². The topological polar surface area (TPSA) is 278 Å². The molecular weight excluding hydrogens is 1290 g/mol. The molecule has 4 atom stereocenters. The smallest absolute Gasteiger partial charge is 0.354 e. The fourth-order valence-electron chi connectivity index (χ4n) is 10.7. The Bertz CT molecular complexity index is 3750. The second kappa shape index (κ2) is 28.3. The number of thiazole rings is 2. The lowest BCUT2D eigenvalue weighted by molar-refractivity contribution is -0.137. The summed E-state index contributed by atoms with van der Waals surface area (Å²) in [4.78, 5) is 108. The summed E-state index contributed by atoms with van der Waals surface area (Å²) in [5, 5.41) is 30.0. The van der Waals surface area contributed by atoms with E-state index in [4.69, 9.17) is 47.9 Å². The van der Waals surface area contributed by atoms with Crippen LogP contribution < -0.4 is 20.4 Å². The van der Waals surface area contributed by atoms with Crippen LogP contribution in [0.15, 0.2) is 129 Å². The summed E-state index contributed by atoms with van der Waals surface area (Å²) in [5.41, 5.74) is 3.73. The van der Waals surface area contributed by atoms with Gasteiger partial charge in [-0.25, -0.2) is 57.5 Å². The van der Waals surface area contributed by atoms with Gasteiger partial charge in [-0.2, -0.15) is 0 Å². The number of ether oxygens (including phenoxy) is 2. The van der Waals surface area contributed by atoms with Gasteiger partial charge in [0.25, 0.3) is 0 Å². The van der Waals surface area contributed by atoms with E-state index in [-0.39, 0.29) is 52.5 Å². The van der Waals surface area contributed by atoms with Crippen LogP contribution in [0.1, 0.15) is 80.9 Å². The number of aromatic nitrogens is 4. The highest BCUT2D eigenvalue weighted by molar-refractivity contribution is 9.09. The van der Waals surface area contributed by atoms with Crippen LogP contribution in [0.2, 0.25) is 10.0 Å². The van der Waals surface area contributed by atoms with Crippen molar-refractivity contribution in [1.82, 2.24) is 45.3 Å². The van der Waals surface area contributed by atoms with Gasteiger partial charge in [-0.3, -0.25) is 24.7 Å².